The third kappa shape index (κ3) is 5.57. The Kier molecular flexibility index (Phi) is 6.16. The number of nitrogens with zero attached hydrogens (tertiary/aromatic N) is 2. The van der Waals surface area contributed by atoms with E-state index in [-0.39, 0.29) is 5.91 Å². The summed E-state index contributed by atoms with van der Waals surface area (Å²) in [7, 11) is 0. The molecule has 0 radical (unpaired) electrons. The van der Waals surface area contributed by atoms with Crippen LogP contribution < -0.4 is 10.6 Å². The number of imidazole rings is 1. The van der Waals surface area contributed by atoms with Gasteiger partial charge in [0.05, 0.1) is 11.7 Å². The van der Waals surface area contributed by atoms with Gasteiger partial charge in [0, 0.05) is 19.2 Å². The highest BCUT2D eigenvalue weighted by molar-refractivity contribution is 5.86. The van der Waals surface area contributed by atoms with Gasteiger partial charge in [-0.1, -0.05) is 36.4 Å². The Morgan fingerprint density at radius 3 is 2.55 bits per heavy atom. The zero-order valence-corrected chi connectivity index (χ0v) is 16.9. The van der Waals surface area contributed by atoms with Crippen molar-refractivity contribution in [1.82, 2.24) is 20.0 Å². The third-order valence-electron chi connectivity index (χ3n) is 4.22. The maximum Gasteiger partial charge on any atom is 0.408 e. The van der Waals surface area contributed by atoms with Gasteiger partial charge in [-0.05, 0) is 38.5 Å². The smallest absolute Gasteiger partial charge is 0.408 e. The summed E-state index contributed by atoms with van der Waals surface area (Å²) in [6, 6.07) is 14.1. The third-order valence-corrected chi connectivity index (χ3v) is 4.22. The predicted octanol–water partition coefficient (Wildman–Crippen LogP) is 3.26. The molecule has 0 aliphatic rings. The van der Waals surface area contributed by atoms with Gasteiger partial charge in [0.2, 0.25) is 5.91 Å². The van der Waals surface area contributed by atoms with Crippen LogP contribution in [0.5, 0.6) is 0 Å². The SMILES string of the molecule is CC(C)(C)OC(=O)NC(C(=O)NCCc1ncc2ccccn12)c1ccccc1. The summed E-state index contributed by atoms with van der Waals surface area (Å²) < 4.78 is 7.29. The lowest BCUT2D eigenvalue weighted by molar-refractivity contribution is -0.123. The van der Waals surface area contributed by atoms with Crippen LogP contribution in [0.2, 0.25) is 0 Å². The number of alkyl carbamates (subject to hydrolysis) is 1. The molecule has 0 saturated heterocycles. The summed E-state index contributed by atoms with van der Waals surface area (Å²) >= 11 is 0. The second-order valence-corrected chi connectivity index (χ2v) is 7.70. The number of carbonyl (C=O) groups is 2. The number of carbonyl (C=O) groups excluding carboxylic acids is 2. The van der Waals surface area contributed by atoms with Crippen molar-refractivity contribution in [3.8, 4) is 0 Å². The maximum atomic E-state index is 12.8. The lowest BCUT2D eigenvalue weighted by Crippen LogP contribution is -2.43. The van der Waals surface area contributed by atoms with Crippen molar-refractivity contribution >= 4 is 17.5 Å². The van der Waals surface area contributed by atoms with E-state index >= 15 is 0 Å². The van der Waals surface area contributed by atoms with E-state index < -0.39 is 17.7 Å². The highest BCUT2D eigenvalue weighted by Gasteiger charge is 2.25. The van der Waals surface area contributed by atoms with Crippen LogP contribution >= 0.6 is 0 Å². The molecule has 7 nitrogen and oxygen atoms in total. The molecule has 0 bridgehead atoms. The van der Waals surface area contributed by atoms with Gasteiger partial charge in [0.1, 0.15) is 17.5 Å². The van der Waals surface area contributed by atoms with Gasteiger partial charge in [-0.2, -0.15) is 0 Å². The van der Waals surface area contributed by atoms with Crippen molar-refractivity contribution < 1.29 is 14.3 Å². The molecular formula is C22H26N4O3. The van der Waals surface area contributed by atoms with Gasteiger partial charge >= 0.3 is 6.09 Å². The Bertz CT molecular complexity index is 976. The fourth-order valence-corrected chi connectivity index (χ4v) is 2.96. The van der Waals surface area contributed by atoms with Crippen LogP contribution in [0.3, 0.4) is 0 Å². The van der Waals surface area contributed by atoms with E-state index in [0.717, 1.165) is 11.3 Å². The minimum absolute atomic E-state index is 0.303. The summed E-state index contributed by atoms with van der Waals surface area (Å²) in [4.78, 5) is 29.5. The van der Waals surface area contributed by atoms with Gasteiger partial charge in [-0.3, -0.25) is 4.79 Å². The number of nitrogens with one attached hydrogen (secondary N) is 2. The van der Waals surface area contributed by atoms with Crippen LogP contribution in [-0.4, -0.2) is 33.5 Å². The van der Waals surface area contributed by atoms with E-state index in [9.17, 15) is 9.59 Å². The van der Waals surface area contributed by atoms with Crippen LogP contribution in [0.15, 0.2) is 60.9 Å². The summed E-state index contributed by atoms with van der Waals surface area (Å²) in [5.41, 5.74) is 1.04. The van der Waals surface area contributed by atoms with E-state index in [4.69, 9.17) is 4.74 Å². The maximum absolute atomic E-state index is 12.8. The molecule has 3 aromatic rings. The largest absolute Gasteiger partial charge is 0.444 e. The summed E-state index contributed by atoms with van der Waals surface area (Å²) in [6.07, 6.45) is 3.67. The Morgan fingerprint density at radius 2 is 1.83 bits per heavy atom. The number of amides is 2. The van der Waals surface area contributed by atoms with Crippen LogP contribution in [0.25, 0.3) is 5.52 Å². The Balaban J connectivity index is 1.65. The number of aromatic nitrogens is 2. The van der Waals surface area contributed by atoms with Crippen molar-refractivity contribution in [2.24, 2.45) is 0 Å². The van der Waals surface area contributed by atoms with E-state index in [1.165, 1.54) is 0 Å². The van der Waals surface area contributed by atoms with Crippen LogP contribution in [-0.2, 0) is 16.0 Å². The summed E-state index contributed by atoms with van der Waals surface area (Å²) in [6.45, 7) is 5.73. The molecular weight excluding hydrogens is 368 g/mol. The molecule has 1 unspecified atom stereocenters. The van der Waals surface area contributed by atoms with Crippen LogP contribution in [0.1, 0.15) is 38.2 Å². The van der Waals surface area contributed by atoms with Gasteiger partial charge in [0.15, 0.2) is 0 Å². The molecule has 0 spiro atoms. The standard InChI is InChI=1S/C22H26N4O3/c1-22(2,3)29-21(28)25-19(16-9-5-4-6-10-16)20(27)23-13-12-18-24-15-17-11-7-8-14-26(17)18/h4-11,14-15,19H,12-13H2,1-3H3,(H,23,27)(H,25,28). The Labute approximate surface area is 170 Å². The second-order valence-electron chi connectivity index (χ2n) is 7.70. The lowest BCUT2D eigenvalue weighted by Gasteiger charge is -2.23. The molecule has 0 fully saturated rings. The molecule has 2 N–H and O–H groups in total. The number of pyridine rings is 1. The molecule has 0 aliphatic heterocycles. The van der Waals surface area contributed by atoms with Crippen molar-refractivity contribution in [2.45, 2.75) is 38.8 Å². The summed E-state index contributed by atoms with van der Waals surface area (Å²) in [5, 5.41) is 5.56. The van der Waals surface area contributed by atoms with E-state index in [1.807, 2.05) is 47.0 Å². The van der Waals surface area contributed by atoms with E-state index in [2.05, 4.69) is 15.6 Å². The molecule has 2 aromatic heterocycles. The molecule has 0 saturated carbocycles. The van der Waals surface area contributed by atoms with Gasteiger partial charge in [-0.15, -0.1) is 0 Å². The van der Waals surface area contributed by atoms with Crippen LogP contribution in [0, 0.1) is 0 Å². The number of hydrogen-bond acceptors (Lipinski definition) is 4. The second kappa shape index (κ2) is 8.77. The Morgan fingerprint density at radius 1 is 1.10 bits per heavy atom. The first-order chi connectivity index (χ1) is 13.8. The highest BCUT2D eigenvalue weighted by Crippen LogP contribution is 2.15. The fourth-order valence-electron chi connectivity index (χ4n) is 2.96. The number of ether oxygens (including phenoxy) is 1. The molecule has 152 valence electrons. The first-order valence-electron chi connectivity index (χ1n) is 9.56. The van der Waals surface area contributed by atoms with Gasteiger partial charge < -0.3 is 19.8 Å². The molecule has 7 heteroatoms. The molecule has 2 heterocycles. The molecule has 1 aromatic carbocycles. The van der Waals surface area contributed by atoms with E-state index in [1.54, 1.807) is 39.1 Å². The van der Waals surface area contributed by atoms with Crippen molar-refractivity contribution in [3.63, 3.8) is 0 Å². The number of hydrogen-bond donors (Lipinski definition) is 2. The average Bonchev–Trinajstić information content (AvgIpc) is 3.08. The average molecular weight is 394 g/mol. The highest BCUT2D eigenvalue weighted by atomic mass is 16.6. The minimum Gasteiger partial charge on any atom is -0.444 e. The minimum atomic E-state index is -0.844. The Hall–Kier alpha value is -3.35. The number of fused-ring (bicyclic) bond motifs is 1. The predicted molar refractivity (Wildman–Crippen MR) is 110 cm³/mol. The normalized spacial score (nSPS) is 12.4. The molecule has 0 aliphatic carbocycles. The van der Waals surface area contributed by atoms with E-state index in [0.29, 0.717) is 18.5 Å². The quantitative estimate of drug-likeness (QED) is 0.672. The molecule has 2 amide bonds. The molecule has 3 rings (SSSR count). The lowest BCUT2D eigenvalue weighted by atomic mass is 10.1. The number of rotatable bonds is 6. The fraction of sp³-hybridized carbons (Fsp3) is 0.318. The van der Waals surface area contributed by atoms with Crippen molar-refractivity contribution in [2.75, 3.05) is 6.54 Å². The van der Waals surface area contributed by atoms with Crippen LogP contribution in [0.4, 0.5) is 4.79 Å². The monoisotopic (exact) mass is 394 g/mol. The van der Waals surface area contributed by atoms with Gasteiger partial charge in [0.25, 0.3) is 0 Å². The zero-order valence-electron chi connectivity index (χ0n) is 16.9. The molecule has 1 atom stereocenters. The van der Waals surface area contributed by atoms with Crippen molar-refractivity contribution in [1.29, 1.82) is 0 Å². The topological polar surface area (TPSA) is 84.7 Å². The number of benzene rings is 1. The van der Waals surface area contributed by atoms with Crippen molar-refractivity contribution in [3.05, 3.63) is 72.3 Å². The zero-order chi connectivity index (χ0) is 20.9. The molecule has 29 heavy (non-hydrogen) atoms. The summed E-state index contributed by atoms with van der Waals surface area (Å²) in [5.74, 6) is 0.556. The van der Waals surface area contributed by atoms with Gasteiger partial charge in [-0.25, -0.2) is 9.78 Å². The first kappa shape index (κ1) is 20.4. The first-order valence-corrected chi connectivity index (χ1v) is 9.56.